The molecule has 1 aromatic carbocycles. The van der Waals surface area contributed by atoms with Crippen molar-refractivity contribution in [2.24, 2.45) is 5.73 Å². The summed E-state index contributed by atoms with van der Waals surface area (Å²) in [4.78, 5) is 18.3. The van der Waals surface area contributed by atoms with Crippen LogP contribution in [0, 0.1) is 6.92 Å². The van der Waals surface area contributed by atoms with Gasteiger partial charge in [-0.3, -0.25) is 9.69 Å². The first-order valence-corrected chi connectivity index (χ1v) is 9.13. The Morgan fingerprint density at radius 2 is 2.12 bits per heavy atom. The highest BCUT2D eigenvalue weighted by molar-refractivity contribution is 6.30. The summed E-state index contributed by atoms with van der Waals surface area (Å²) >= 11 is 6.08. The smallest absolute Gasteiger partial charge is 0.225 e. The van der Waals surface area contributed by atoms with Crippen molar-refractivity contribution in [3.8, 4) is 5.69 Å². The first-order valence-electron chi connectivity index (χ1n) is 8.75. The van der Waals surface area contributed by atoms with Crippen LogP contribution in [0.25, 0.3) is 5.69 Å². The molecular weight excluding hydrogens is 354 g/mol. The summed E-state index contributed by atoms with van der Waals surface area (Å²) in [5, 5.41) is 5.20. The molecule has 0 bridgehead atoms. The number of nitrogens with zero attached hydrogens (tertiary/aromatic N) is 4. The highest BCUT2D eigenvalue weighted by Crippen LogP contribution is 2.21. The van der Waals surface area contributed by atoms with Gasteiger partial charge >= 0.3 is 0 Å². The minimum absolute atomic E-state index is 0.0264. The van der Waals surface area contributed by atoms with Gasteiger partial charge in [-0.2, -0.15) is 5.10 Å². The van der Waals surface area contributed by atoms with E-state index < -0.39 is 5.91 Å². The number of primary amides is 1. The van der Waals surface area contributed by atoms with Crippen LogP contribution in [0.1, 0.15) is 24.1 Å². The minimum Gasteiger partial charge on any atom is -0.379 e. The van der Waals surface area contributed by atoms with E-state index in [9.17, 15) is 4.79 Å². The molecule has 0 radical (unpaired) electrons. The highest BCUT2D eigenvalue weighted by atomic mass is 35.5. The van der Waals surface area contributed by atoms with Crippen LogP contribution in [0.15, 0.2) is 18.2 Å². The van der Waals surface area contributed by atoms with E-state index in [0.29, 0.717) is 17.3 Å². The molecule has 2 N–H and O–H groups in total. The van der Waals surface area contributed by atoms with Crippen LogP contribution in [0.2, 0.25) is 5.02 Å². The van der Waals surface area contributed by atoms with E-state index in [4.69, 9.17) is 22.1 Å². The molecule has 1 atom stereocenters. The lowest BCUT2D eigenvalue weighted by atomic mass is 10.1. The van der Waals surface area contributed by atoms with Crippen LogP contribution in [0.5, 0.6) is 0 Å². The molecule has 1 saturated heterocycles. The topological polar surface area (TPSA) is 86.3 Å². The van der Waals surface area contributed by atoms with Crippen LogP contribution < -0.4 is 5.73 Å². The summed E-state index contributed by atoms with van der Waals surface area (Å²) < 4.78 is 7.24. The van der Waals surface area contributed by atoms with Gasteiger partial charge in [0.2, 0.25) is 5.91 Å². The lowest BCUT2D eigenvalue weighted by Crippen LogP contribution is -2.43. The number of hydrogen-bond donors (Lipinski definition) is 1. The van der Waals surface area contributed by atoms with E-state index in [2.05, 4.69) is 21.9 Å². The van der Waals surface area contributed by atoms with E-state index in [1.165, 1.54) is 0 Å². The lowest BCUT2D eigenvalue weighted by Gasteiger charge is -2.32. The maximum absolute atomic E-state index is 11.3. The highest BCUT2D eigenvalue weighted by Gasteiger charge is 2.22. The number of carbonyl (C=O) groups excluding carboxylic acids is 1. The number of rotatable bonds is 6. The Labute approximate surface area is 158 Å². The van der Waals surface area contributed by atoms with Gasteiger partial charge in [0.05, 0.1) is 25.3 Å². The predicted octanol–water partition coefficient (Wildman–Crippen LogP) is 1.52. The monoisotopic (exact) mass is 377 g/mol. The molecular formula is C18H24ClN5O2. The summed E-state index contributed by atoms with van der Waals surface area (Å²) in [6.45, 7) is 7.46. The number of ether oxygens (including phenoxy) is 1. The third-order valence-electron chi connectivity index (χ3n) is 4.58. The normalized spacial score (nSPS) is 16.6. The number of benzene rings is 1. The maximum atomic E-state index is 11.3. The molecule has 1 aromatic heterocycles. The summed E-state index contributed by atoms with van der Waals surface area (Å²) in [5.41, 5.74) is 7.22. The zero-order chi connectivity index (χ0) is 18.7. The third-order valence-corrected chi connectivity index (χ3v) is 4.82. The molecule has 0 aliphatic carbocycles. The van der Waals surface area contributed by atoms with E-state index in [1.54, 1.807) is 4.68 Å². The molecule has 1 aliphatic rings. The Morgan fingerprint density at radius 3 is 2.77 bits per heavy atom. The van der Waals surface area contributed by atoms with Crippen molar-refractivity contribution in [3.05, 3.63) is 40.4 Å². The molecule has 8 heteroatoms. The van der Waals surface area contributed by atoms with Gasteiger partial charge in [0.15, 0.2) is 5.82 Å². The molecule has 1 amide bonds. The van der Waals surface area contributed by atoms with Gasteiger partial charge in [0.25, 0.3) is 0 Å². The van der Waals surface area contributed by atoms with Crippen molar-refractivity contribution in [1.82, 2.24) is 19.7 Å². The van der Waals surface area contributed by atoms with Gasteiger partial charge in [-0.1, -0.05) is 11.6 Å². The van der Waals surface area contributed by atoms with Crippen molar-refractivity contribution < 1.29 is 9.53 Å². The lowest BCUT2D eigenvalue weighted by molar-refractivity contribution is -0.117. The van der Waals surface area contributed by atoms with Crippen LogP contribution in [0.4, 0.5) is 0 Å². The predicted molar refractivity (Wildman–Crippen MR) is 99.6 cm³/mol. The second kappa shape index (κ2) is 8.16. The van der Waals surface area contributed by atoms with Crippen molar-refractivity contribution in [1.29, 1.82) is 0 Å². The fourth-order valence-electron chi connectivity index (χ4n) is 3.22. The van der Waals surface area contributed by atoms with Gasteiger partial charge in [-0.25, -0.2) is 9.67 Å². The summed E-state index contributed by atoms with van der Waals surface area (Å²) in [6.07, 6.45) is 0.742. The van der Waals surface area contributed by atoms with E-state index >= 15 is 0 Å². The Hall–Kier alpha value is -1.96. The second-order valence-electron chi connectivity index (χ2n) is 6.63. The Morgan fingerprint density at radius 1 is 1.38 bits per heavy atom. The third kappa shape index (κ3) is 4.41. The van der Waals surface area contributed by atoms with Gasteiger partial charge in [-0.15, -0.1) is 0 Å². The Bertz CT molecular complexity index is 786. The molecule has 7 nitrogen and oxygen atoms in total. The van der Waals surface area contributed by atoms with Crippen LogP contribution in [-0.4, -0.2) is 57.9 Å². The number of halogens is 1. The van der Waals surface area contributed by atoms with E-state index in [0.717, 1.165) is 43.4 Å². The molecule has 26 heavy (non-hydrogen) atoms. The Kier molecular flexibility index (Phi) is 5.90. The van der Waals surface area contributed by atoms with Gasteiger partial charge < -0.3 is 10.5 Å². The number of carbonyl (C=O) groups is 1. The molecule has 140 valence electrons. The van der Waals surface area contributed by atoms with Crippen molar-refractivity contribution in [2.75, 3.05) is 26.3 Å². The van der Waals surface area contributed by atoms with Crippen molar-refractivity contribution in [3.63, 3.8) is 0 Å². The quantitative estimate of drug-likeness (QED) is 0.824. The van der Waals surface area contributed by atoms with Gasteiger partial charge in [0.1, 0.15) is 5.82 Å². The number of amides is 1. The molecule has 0 saturated carbocycles. The molecule has 2 aromatic rings. The second-order valence-corrected chi connectivity index (χ2v) is 7.07. The zero-order valence-electron chi connectivity index (χ0n) is 15.1. The fraction of sp³-hybridized carbons (Fsp3) is 0.500. The van der Waals surface area contributed by atoms with Gasteiger partial charge in [0, 0.05) is 30.6 Å². The first-order chi connectivity index (χ1) is 12.4. The maximum Gasteiger partial charge on any atom is 0.225 e. The molecule has 1 fully saturated rings. The first kappa shape index (κ1) is 18.8. The largest absolute Gasteiger partial charge is 0.379 e. The molecule has 1 unspecified atom stereocenters. The van der Waals surface area contributed by atoms with E-state index in [1.807, 2.05) is 25.1 Å². The molecule has 0 spiro atoms. The summed E-state index contributed by atoms with van der Waals surface area (Å²) in [5.74, 6) is 0.810. The number of aromatic nitrogens is 3. The van der Waals surface area contributed by atoms with Crippen LogP contribution >= 0.6 is 11.6 Å². The standard InChI is InChI=1S/C18H24ClN5O2/c1-12-9-14(19)3-4-15(12)24-18(21-17(22-24)11-16(20)25)10-13(2)23-5-7-26-8-6-23/h3-4,9,13H,5-8,10-11H2,1-2H3,(H2,20,25). The average Bonchev–Trinajstić information content (AvgIpc) is 2.96. The number of morpholine rings is 1. The van der Waals surface area contributed by atoms with Gasteiger partial charge in [-0.05, 0) is 37.6 Å². The summed E-state index contributed by atoms with van der Waals surface area (Å²) in [6, 6.07) is 5.93. The fourth-order valence-corrected chi connectivity index (χ4v) is 3.44. The number of aryl methyl sites for hydroxylation is 1. The molecule has 1 aliphatic heterocycles. The molecule has 3 rings (SSSR count). The Balaban J connectivity index is 1.91. The molecule has 2 heterocycles. The number of nitrogens with two attached hydrogens (primary N) is 1. The minimum atomic E-state index is -0.442. The van der Waals surface area contributed by atoms with E-state index in [-0.39, 0.29) is 12.5 Å². The number of hydrogen-bond acceptors (Lipinski definition) is 5. The van der Waals surface area contributed by atoms with Crippen LogP contribution in [0.3, 0.4) is 0 Å². The zero-order valence-corrected chi connectivity index (χ0v) is 15.9. The van der Waals surface area contributed by atoms with Crippen LogP contribution in [-0.2, 0) is 22.4 Å². The van der Waals surface area contributed by atoms with Crippen molar-refractivity contribution in [2.45, 2.75) is 32.7 Å². The average molecular weight is 378 g/mol. The SMILES string of the molecule is Cc1cc(Cl)ccc1-n1nc(CC(N)=O)nc1CC(C)N1CCOCC1. The summed E-state index contributed by atoms with van der Waals surface area (Å²) in [7, 11) is 0. The van der Waals surface area contributed by atoms with Crippen molar-refractivity contribution >= 4 is 17.5 Å².